The van der Waals surface area contributed by atoms with Gasteiger partial charge >= 0.3 is 0 Å². The van der Waals surface area contributed by atoms with E-state index >= 15 is 0 Å². The number of ether oxygens (including phenoxy) is 1. The van der Waals surface area contributed by atoms with Crippen LogP contribution in [0.15, 0.2) is 0 Å². The molecule has 0 aliphatic carbocycles. The minimum atomic E-state index is -0.0950. The highest BCUT2D eigenvalue weighted by Crippen LogP contribution is 2.16. The molecule has 0 bridgehead atoms. The maximum atomic E-state index is 12.4. The molecule has 0 spiro atoms. The molecule has 21 heavy (non-hydrogen) atoms. The minimum Gasteiger partial charge on any atom is -0.379 e. The number of hydrogen-bond acceptors (Lipinski definition) is 4. The first-order valence-corrected chi connectivity index (χ1v) is 7.98. The molecule has 0 aromatic rings. The number of carbonyl (C=O) groups is 2. The normalized spacial score (nSPS) is 26.9. The van der Waals surface area contributed by atoms with E-state index in [1.807, 2.05) is 4.90 Å². The quantitative estimate of drug-likeness (QED) is 0.757. The van der Waals surface area contributed by atoms with Crippen molar-refractivity contribution in [3.8, 4) is 0 Å². The van der Waals surface area contributed by atoms with E-state index in [1.165, 1.54) is 0 Å². The van der Waals surface area contributed by atoms with Crippen LogP contribution in [0.4, 0.5) is 0 Å². The topological polar surface area (TPSA) is 70.7 Å². The zero-order valence-electron chi connectivity index (χ0n) is 13.1. The number of carbonyl (C=O) groups excluding carboxylic acids is 2. The monoisotopic (exact) mass is 297 g/mol. The van der Waals surface area contributed by atoms with E-state index in [9.17, 15) is 9.59 Å². The second-order valence-electron chi connectivity index (χ2n) is 5.99. The molecule has 6 nitrogen and oxygen atoms in total. The smallest absolute Gasteiger partial charge is 0.227 e. The van der Waals surface area contributed by atoms with Gasteiger partial charge in [-0.15, -0.1) is 0 Å². The van der Waals surface area contributed by atoms with Crippen LogP contribution >= 0.6 is 0 Å². The van der Waals surface area contributed by atoms with Crippen LogP contribution in [0.2, 0.25) is 0 Å². The lowest BCUT2D eigenvalue weighted by molar-refractivity contribution is -0.130. The van der Waals surface area contributed by atoms with Gasteiger partial charge in [0.2, 0.25) is 11.8 Å². The van der Waals surface area contributed by atoms with Crippen molar-refractivity contribution >= 4 is 11.8 Å². The standard InChI is InChI=1S/C15H27N3O3/c1-3-6-16-14-10-21-9-13(14)15(20)17-12-4-7-18(8-5-12)11(2)19/h12-14,16H,3-10H2,1-2H3,(H,17,20). The van der Waals surface area contributed by atoms with Gasteiger partial charge in [0.05, 0.1) is 19.1 Å². The van der Waals surface area contributed by atoms with Crippen molar-refractivity contribution < 1.29 is 14.3 Å². The lowest BCUT2D eigenvalue weighted by Gasteiger charge is -2.32. The highest BCUT2D eigenvalue weighted by molar-refractivity contribution is 5.80. The van der Waals surface area contributed by atoms with Gasteiger partial charge in [0.15, 0.2) is 0 Å². The van der Waals surface area contributed by atoms with Gasteiger partial charge < -0.3 is 20.3 Å². The molecule has 0 aromatic heterocycles. The Morgan fingerprint density at radius 1 is 1.24 bits per heavy atom. The van der Waals surface area contributed by atoms with Crippen molar-refractivity contribution in [2.75, 3.05) is 32.8 Å². The van der Waals surface area contributed by atoms with Crippen LogP contribution in [0.5, 0.6) is 0 Å². The molecule has 2 amide bonds. The Labute approximate surface area is 126 Å². The van der Waals surface area contributed by atoms with Crippen LogP contribution in [-0.4, -0.2) is 61.6 Å². The van der Waals surface area contributed by atoms with E-state index in [0.29, 0.717) is 13.2 Å². The summed E-state index contributed by atoms with van der Waals surface area (Å²) in [6.07, 6.45) is 2.73. The predicted molar refractivity (Wildman–Crippen MR) is 79.8 cm³/mol. The van der Waals surface area contributed by atoms with Gasteiger partial charge in [-0.2, -0.15) is 0 Å². The van der Waals surface area contributed by atoms with Crippen LogP contribution in [0, 0.1) is 5.92 Å². The van der Waals surface area contributed by atoms with Crippen molar-refractivity contribution in [3.63, 3.8) is 0 Å². The molecular weight excluding hydrogens is 270 g/mol. The second kappa shape index (κ2) is 7.75. The fourth-order valence-electron chi connectivity index (χ4n) is 2.99. The molecule has 2 atom stereocenters. The van der Waals surface area contributed by atoms with Gasteiger partial charge in [0.25, 0.3) is 0 Å². The van der Waals surface area contributed by atoms with Gasteiger partial charge in [-0.25, -0.2) is 0 Å². The van der Waals surface area contributed by atoms with Crippen molar-refractivity contribution in [2.45, 2.75) is 45.2 Å². The molecule has 2 rings (SSSR count). The fourth-order valence-corrected chi connectivity index (χ4v) is 2.99. The molecule has 2 saturated heterocycles. The molecule has 2 N–H and O–H groups in total. The molecule has 6 heteroatoms. The molecular formula is C15H27N3O3. The Morgan fingerprint density at radius 3 is 2.57 bits per heavy atom. The average Bonchev–Trinajstić information content (AvgIpc) is 2.94. The van der Waals surface area contributed by atoms with Crippen molar-refractivity contribution in [2.24, 2.45) is 5.92 Å². The summed E-state index contributed by atoms with van der Waals surface area (Å²) >= 11 is 0. The number of amides is 2. The lowest BCUT2D eigenvalue weighted by atomic mass is 9.99. The zero-order chi connectivity index (χ0) is 15.2. The van der Waals surface area contributed by atoms with E-state index in [1.54, 1.807) is 6.92 Å². The van der Waals surface area contributed by atoms with Crippen molar-refractivity contribution in [3.05, 3.63) is 0 Å². The summed E-state index contributed by atoms with van der Waals surface area (Å²) in [7, 11) is 0. The largest absolute Gasteiger partial charge is 0.379 e. The van der Waals surface area contributed by atoms with Crippen LogP contribution in [-0.2, 0) is 14.3 Å². The van der Waals surface area contributed by atoms with Crippen molar-refractivity contribution in [1.82, 2.24) is 15.5 Å². The SMILES string of the molecule is CCCNC1COCC1C(=O)NC1CCN(C(C)=O)CC1. The summed E-state index contributed by atoms with van der Waals surface area (Å²) in [6, 6.07) is 0.308. The molecule has 120 valence electrons. The fraction of sp³-hybridized carbons (Fsp3) is 0.867. The summed E-state index contributed by atoms with van der Waals surface area (Å²) < 4.78 is 5.45. The Balaban J connectivity index is 1.77. The average molecular weight is 297 g/mol. The highest BCUT2D eigenvalue weighted by atomic mass is 16.5. The third-order valence-electron chi connectivity index (χ3n) is 4.36. The summed E-state index contributed by atoms with van der Waals surface area (Å²) in [4.78, 5) is 25.5. The van der Waals surface area contributed by atoms with Crippen LogP contribution in [0.1, 0.15) is 33.1 Å². The number of rotatable bonds is 5. The van der Waals surface area contributed by atoms with Gasteiger partial charge in [-0.3, -0.25) is 9.59 Å². The number of likely N-dealkylation sites (tertiary alicyclic amines) is 1. The summed E-state index contributed by atoms with van der Waals surface area (Å²) in [6.45, 7) is 7.20. The first-order chi connectivity index (χ1) is 10.1. The predicted octanol–water partition coefficient (Wildman–Crippen LogP) is 0.128. The van der Waals surface area contributed by atoms with Crippen LogP contribution in [0.3, 0.4) is 0 Å². The first-order valence-electron chi connectivity index (χ1n) is 7.98. The van der Waals surface area contributed by atoms with Crippen LogP contribution < -0.4 is 10.6 Å². The number of nitrogens with zero attached hydrogens (tertiary/aromatic N) is 1. The first kappa shape index (κ1) is 16.2. The number of hydrogen-bond donors (Lipinski definition) is 2. The Hall–Kier alpha value is -1.14. The van der Waals surface area contributed by atoms with Gasteiger partial charge in [-0.05, 0) is 25.8 Å². The van der Waals surface area contributed by atoms with E-state index in [-0.39, 0.29) is 29.8 Å². The summed E-state index contributed by atoms with van der Waals surface area (Å²) in [5.74, 6) is 0.109. The zero-order valence-corrected chi connectivity index (χ0v) is 13.1. The molecule has 0 aromatic carbocycles. The van der Waals surface area contributed by atoms with Gasteiger partial charge in [-0.1, -0.05) is 6.92 Å². The molecule has 2 aliphatic rings. The van der Waals surface area contributed by atoms with E-state index < -0.39 is 0 Å². The molecule has 2 aliphatic heterocycles. The second-order valence-corrected chi connectivity index (χ2v) is 5.99. The Bertz CT molecular complexity index is 367. The maximum Gasteiger partial charge on any atom is 0.227 e. The van der Waals surface area contributed by atoms with Crippen LogP contribution in [0.25, 0.3) is 0 Å². The molecule has 2 unspecified atom stereocenters. The molecule has 0 saturated carbocycles. The van der Waals surface area contributed by atoms with Gasteiger partial charge in [0, 0.05) is 32.1 Å². The minimum absolute atomic E-state index is 0.0855. The molecule has 2 heterocycles. The summed E-state index contributed by atoms with van der Waals surface area (Å²) in [5, 5.41) is 6.51. The Morgan fingerprint density at radius 2 is 1.95 bits per heavy atom. The van der Waals surface area contributed by atoms with E-state index in [0.717, 1.165) is 38.9 Å². The number of piperidine rings is 1. The third kappa shape index (κ3) is 4.41. The van der Waals surface area contributed by atoms with Crippen molar-refractivity contribution in [1.29, 1.82) is 0 Å². The van der Waals surface area contributed by atoms with E-state index in [2.05, 4.69) is 17.6 Å². The number of nitrogens with one attached hydrogen (secondary N) is 2. The highest BCUT2D eigenvalue weighted by Gasteiger charge is 2.34. The lowest BCUT2D eigenvalue weighted by Crippen LogP contribution is -2.50. The third-order valence-corrected chi connectivity index (χ3v) is 4.36. The maximum absolute atomic E-state index is 12.4. The van der Waals surface area contributed by atoms with Gasteiger partial charge in [0.1, 0.15) is 0 Å². The summed E-state index contributed by atoms with van der Waals surface area (Å²) in [5.41, 5.74) is 0. The molecule has 0 radical (unpaired) electrons. The molecule has 2 fully saturated rings. The Kier molecular flexibility index (Phi) is 5.99. The van der Waals surface area contributed by atoms with E-state index in [4.69, 9.17) is 4.74 Å².